The third-order valence-electron chi connectivity index (χ3n) is 1.80. The van der Waals surface area contributed by atoms with Crippen molar-refractivity contribution in [1.82, 2.24) is 0 Å². The van der Waals surface area contributed by atoms with Crippen LogP contribution in [0, 0.1) is 0 Å². The molecule has 0 fully saturated rings. The van der Waals surface area contributed by atoms with Crippen molar-refractivity contribution in [2.24, 2.45) is 0 Å². The van der Waals surface area contributed by atoms with Gasteiger partial charge >= 0.3 is 0 Å². The van der Waals surface area contributed by atoms with E-state index in [1.54, 1.807) is 7.11 Å². The van der Waals surface area contributed by atoms with Crippen LogP contribution < -0.4 is 4.74 Å². The number of alkyl halides is 1. The van der Waals surface area contributed by atoms with Crippen LogP contribution in [-0.2, 0) is 0 Å². The lowest BCUT2D eigenvalue weighted by atomic mass is 10.1. The van der Waals surface area contributed by atoms with Gasteiger partial charge in [0.25, 0.3) is 0 Å². The number of allylic oxidation sites excluding steroid dienone is 1. The van der Waals surface area contributed by atoms with Crippen molar-refractivity contribution in [2.45, 2.75) is 6.92 Å². The van der Waals surface area contributed by atoms with Gasteiger partial charge in [0.05, 0.1) is 12.1 Å². The number of methoxy groups -OCH3 is 1. The van der Waals surface area contributed by atoms with Gasteiger partial charge < -0.3 is 4.74 Å². The molecular weight excluding hydrogens is 219 g/mol. The molecule has 0 amide bonds. The van der Waals surface area contributed by atoms with Crippen LogP contribution in [0.25, 0.3) is 6.08 Å². The molecular formula is C11H12Cl2O. The molecule has 0 aliphatic heterocycles. The molecule has 0 N–H and O–H groups in total. The van der Waals surface area contributed by atoms with Gasteiger partial charge in [-0.3, -0.25) is 0 Å². The van der Waals surface area contributed by atoms with Crippen LogP contribution in [-0.4, -0.2) is 13.0 Å². The zero-order valence-electron chi connectivity index (χ0n) is 8.18. The van der Waals surface area contributed by atoms with Crippen molar-refractivity contribution < 1.29 is 4.74 Å². The minimum atomic E-state index is 0.531. The summed E-state index contributed by atoms with van der Waals surface area (Å²) in [5, 5.41) is 0.614. The molecule has 0 aliphatic rings. The first-order valence-electron chi connectivity index (χ1n) is 4.24. The van der Waals surface area contributed by atoms with E-state index in [1.807, 2.05) is 31.2 Å². The summed E-state index contributed by atoms with van der Waals surface area (Å²) < 4.78 is 5.05. The number of ether oxygens (including phenoxy) is 1. The van der Waals surface area contributed by atoms with Gasteiger partial charge in [-0.05, 0) is 24.6 Å². The lowest BCUT2D eigenvalue weighted by Gasteiger charge is -2.03. The molecule has 76 valence electrons. The quantitative estimate of drug-likeness (QED) is 0.714. The fraction of sp³-hybridized carbons (Fsp3) is 0.273. The largest absolute Gasteiger partial charge is 0.495 e. The van der Waals surface area contributed by atoms with Gasteiger partial charge in [0.2, 0.25) is 0 Å². The molecule has 0 saturated heterocycles. The SMILES string of the molecule is COc1ccc(C=C(C)CCl)cc1Cl. The molecule has 1 rings (SSSR count). The van der Waals surface area contributed by atoms with Crippen molar-refractivity contribution in [1.29, 1.82) is 0 Å². The molecule has 1 aromatic carbocycles. The Morgan fingerprint density at radius 1 is 1.50 bits per heavy atom. The van der Waals surface area contributed by atoms with Crippen LogP contribution in [0.2, 0.25) is 5.02 Å². The summed E-state index contributed by atoms with van der Waals surface area (Å²) in [6, 6.07) is 5.65. The van der Waals surface area contributed by atoms with E-state index in [4.69, 9.17) is 27.9 Å². The van der Waals surface area contributed by atoms with Gasteiger partial charge in [-0.2, -0.15) is 0 Å². The highest BCUT2D eigenvalue weighted by Crippen LogP contribution is 2.25. The smallest absolute Gasteiger partial charge is 0.137 e. The summed E-state index contributed by atoms with van der Waals surface area (Å²) in [6.45, 7) is 1.98. The first kappa shape index (κ1) is 11.4. The highest BCUT2D eigenvalue weighted by molar-refractivity contribution is 6.32. The van der Waals surface area contributed by atoms with Gasteiger partial charge in [0.15, 0.2) is 0 Å². The van der Waals surface area contributed by atoms with Crippen LogP contribution in [0.5, 0.6) is 5.75 Å². The number of rotatable bonds is 3. The summed E-state index contributed by atoms with van der Waals surface area (Å²) in [6.07, 6.45) is 2.00. The standard InChI is InChI=1S/C11H12Cl2O/c1-8(7-12)5-9-3-4-11(14-2)10(13)6-9/h3-6H,7H2,1-2H3. The molecule has 0 heterocycles. The Hall–Kier alpha value is -0.660. The molecule has 1 nitrogen and oxygen atoms in total. The number of hydrogen-bond acceptors (Lipinski definition) is 1. The van der Waals surface area contributed by atoms with Crippen molar-refractivity contribution in [3.05, 3.63) is 34.4 Å². The van der Waals surface area contributed by atoms with E-state index in [1.165, 1.54) is 0 Å². The Morgan fingerprint density at radius 2 is 2.21 bits per heavy atom. The van der Waals surface area contributed by atoms with Gasteiger partial charge in [0.1, 0.15) is 5.75 Å². The Morgan fingerprint density at radius 3 is 2.71 bits per heavy atom. The average molecular weight is 231 g/mol. The third kappa shape index (κ3) is 2.93. The van der Waals surface area contributed by atoms with E-state index >= 15 is 0 Å². The van der Waals surface area contributed by atoms with Crippen molar-refractivity contribution in [2.75, 3.05) is 13.0 Å². The maximum Gasteiger partial charge on any atom is 0.137 e. The minimum absolute atomic E-state index is 0.531. The zero-order valence-corrected chi connectivity index (χ0v) is 9.69. The fourth-order valence-corrected chi connectivity index (χ4v) is 1.44. The Bertz CT molecular complexity index is 345. The van der Waals surface area contributed by atoms with Gasteiger partial charge in [0, 0.05) is 5.88 Å². The highest BCUT2D eigenvalue weighted by atomic mass is 35.5. The molecule has 3 heteroatoms. The second-order valence-corrected chi connectivity index (χ2v) is 3.69. The first-order chi connectivity index (χ1) is 6.67. The number of benzene rings is 1. The van der Waals surface area contributed by atoms with Crippen LogP contribution in [0.3, 0.4) is 0 Å². The molecule has 0 radical (unpaired) electrons. The Balaban J connectivity index is 2.97. The predicted molar refractivity (Wildman–Crippen MR) is 62.4 cm³/mol. The van der Waals surface area contributed by atoms with E-state index in [2.05, 4.69) is 0 Å². The van der Waals surface area contributed by atoms with E-state index in [0.29, 0.717) is 16.7 Å². The molecule has 14 heavy (non-hydrogen) atoms. The maximum absolute atomic E-state index is 5.97. The maximum atomic E-state index is 5.97. The summed E-state index contributed by atoms with van der Waals surface area (Å²) in [5.74, 6) is 1.22. The Labute approximate surface area is 94.3 Å². The van der Waals surface area contributed by atoms with Crippen molar-refractivity contribution in [3.8, 4) is 5.75 Å². The molecule has 0 aliphatic carbocycles. The van der Waals surface area contributed by atoms with Crippen molar-refractivity contribution >= 4 is 29.3 Å². The lowest BCUT2D eigenvalue weighted by molar-refractivity contribution is 0.415. The first-order valence-corrected chi connectivity index (χ1v) is 5.15. The molecule has 0 bridgehead atoms. The topological polar surface area (TPSA) is 9.23 Å². The number of halogens is 2. The van der Waals surface area contributed by atoms with Crippen LogP contribution in [0.15, 0.2) is 23.8 Å². The summed E-state index contributed by atoms with van der Waals surface area (Å²) in [5.41, 5.74) is 2.14. The average Bonchev–Trinajstić information content (AvgIpc) is 2.18. The lowest BCUT2D eigenvalue weighted by Crippen LogP contribution is -1.85. The molecule has 1 aromatic rings. The summed E-state index contributed by atoms with van der Waals surface area (Å²) in [7, 11) is 1.60. The highest BCUT2D eigenvalue weighted by Gasteiger charge is 1.99. The normalized spacial score (nSPS) is 11.6. The van der Waals surface area contributed by atoms with E-state index < -0.39 is 0 Å². The molecule has 0 atom stereocenters. The predicted octanol–water partition coefficient (Wildman–Crippen LogP) is 3.99. The number of hydrogen-bond donors (Lipinski definition) is 0. The summed E-state index contributed by atoms with van der Waals surface area (Å²) >= 11 is 11.6. The zero-order chi connectivity index (χ0) is 10.6. The monoisotopic (exact) mass is 230 g/mol. The second-order valence-electron chi connectivity index (χ2n) is 3.02. The molecule has 0 saturated carbocycles. The van der Waals surface area contributed by atoms with Gasteiger partial charge in [-0.15, -0.1) is 11.6 Å². The van der Waals surface area contributed by atoms with Crippen LogP contribution in [0.1, 0.15) is 12.5 Å². The van der Waals surface area contributed by atoms with Crippen molar-refractivity contribution in [3.63, 3.8) is 0 Å². The summed E-state index contributed by atoms with van der Waals surface area (Å²) in [4.78, 5) is 0. The third-order valence-corrected chi connectivity index (χ3v) is 2.52. The Kier molecular flexibility index (Phi) is 4.30. The fourth-order valence-electron chi connectivity index (χ4n) is 1.10. The van der Waals surface area contributed by atoms with Gasteiger partial charge in [-0.25, -0.2) is 0 Å². The van der Waals surface area contributed by atoms with E-state index in [-0.39, 0.29) is 0 Å². The van der Waals surface area contributed by atoms with E-state index in [0.717, 1.165) is 11.1 Å². The molecule has 0 aromatic heterocycles. The second kappa shape index (κ2) is 5.28. The molecule has 0 unspecified atom stereocenters. The minimum Gasteiger partial charge on any atom is -0.495 e. The van der Waals surface area contributed by atoms with E-state index in [9.17, 15) is 0 Å². The molecule has 0 spiro atoms. The van der Waals surface area contributed by atoms with Crippen LogP contribution >= 0.6 is 23.2 Å². The van der Waals surface area contributed by atoms with Gasteiger partial charge in [-0.1, -0.05) is 29.3 Å². The van der Waals surface area contributed by atoms with Crippen LogP contribution in [0.4, 0.5) is 0 Å².